The van der Waals surface area contributed by atoms with Gasteiger partial charge in [-0.1, -0.05) is 30.3 Å². The average molecular weight is 376 g/mol. The van der Waals surface area contributed by atoms with Crippen LogP contribution in [0.15, 0.2) is 30.3 Å². The van der Waals surface area contributed by atoms with Crippen LogP contribution in [0.4, 0.5) is 13.2 Å². The molecule has 2 atom stereocenters. The monoisotopic (exact) mass is 376 g/mol. The molecule has 2 rings (SSSR count). The Morgan fingerprint density at radius 3 is 2.23 bits per heavy atom. The van der Waals surface area contributed by atoms with Crippen LogP contribution in [0, 0.1) is 0 Å². The molecule has 1 aliphatic heterocycles. The van der Waals surface area contributed by atoms with E-state index < -0.39 is 12.1 Å². The van der Waals surface area contributed by atoms with Crippen molar-refractivity contribution in [2.75, 3.05) is 27.2 Å². The zero-order valence-corrected chi connectivity index (χ0v) is 14.6. The number of hydrogen-bond donors (Lipinski definition) is 2. The van der Waals surface area contributed by atoms with Gasteiger partial charge >= 0.3 is 12.1 Å². The van der Waals surface area contributed by atoms with Crippen molar-refractivity contribution in [3.8, 4) is 0 Å². The molecule has 6 nitrogen and oxygen atoms in total. The summed E-state index contributed by atoms with van der Waals surface area (Å²) in [5, 5.41) is 17.2. The number of rotatable bonds is 4. The van der Waals surface area contributed by atoms with Crippen LogP contribution in [0.1, 0.15) is 12.0 Å². The smallest absolute Gasteiger partial charge is 0.475 e. The molecule has 2 N–H and O–H groups in total. The third-order valence-corrected chi connectivity index (χ3v) is 3.99. The fourth-order valence-corrected chi connectivity index (χ4v) is 2.53. The van der Waals surface area contributed by atoms with Gasteiger partial charge in [0.05, 0.1) is 12.6 Å². The van der Waals surface area contributed by atoms with Crippen molar-refractivity contribution in [3.05, 3.63) is 35.9 Å². The summed E-state index contributed by atoms with van der Waals surface area (Å²) in [5.41, 5.74) is 1.20. The van der Waals surface area contributed by atoms with Crippen LogP contribution in [0.5, 0.6) is 0 Å². The zero-order chi connectivity index (χ0) is 19.9. The van der Waals surface area contributed by atoms with Gasteiger partial charge in [-0.05, 0) is 18.4 Å². The highest BCUT2D eigenvalue weighted by atomic mass is 19.4. The van der Waals surface area contributed by atoms with E-state index in [0.717, 1.165) is 19.4 Å². The number of benzene rings is 1. The lowest BCUT2D eigenvalue weighted by Gasteiger charge is -2.26. The number of aliphatic carboxylic acids is 1. The second kappa shape index (κ2) is 9.54. The van der Waals surface area contributed by atoms with E-state index in [1.807, 2.05) is 18.2 Å². The molecule has 0 radical (unpaired) electrons. The molecular weight excluding hydrogens is 353 g/mol. The van der Waals surface area contributed by atoms with Gasteiger partial charge in [0.1, 0.15) is 0 Å². The number of carbonyl (C=O) groups is 2. The van der Waals surface area contributed by atoms with Crippen LogP contribution in [-0.2, 0) is 16.0 Å². The minimum atomic E-state index is -5.08. The van der Waals surface area contributed by atoms with Gasteiger partial charge in [-0.2, -0.15) is 13.2 Å². The highest BCUT2D eigenvalue weighted by molar-refractivity contribution is 5.77. The van der Waals surface area contributed by atoms with Crippen molar-refractivity contribution < 1.29 is 33.0 Å². The van der Waals surface area contributed by atoms with E-state index in [-0.39, 0.29) is 18.1 Å². The molecule has 0 unspecified atom stereocenters. The highest BCUT2D eigenvalue weighted by Crippen LogP contribution is 2.21. The first-order valence-electron chi connectivity index (χ1n) is 7.98. The normalized spacial score (nSPS) is 20.2. The number of halogens is 3. The van der Waals surface area contributed by atoms with Crippen LogP contribution in [0.3, 0.4) is 0 Å². The first kappa shape index (κ1) is 21.9. The summed E-state index contributed by atoms with van der Waals surface area (Å²) in [6.07, 6.45) is -3.88. The Bertz CT molecular complexity index is 593. The number of nitrogens with zero attached hydrogens (tertiary/aromatic N) is 2. The number of aliphatic hydroxyl groups is 1. The quantitative estimate of drug-likeness (QED) is 0.830. The summed E-state index contributed by atoms with van der Waals surface area (Å²) >= 11 is 0. The molecule has 146 valence electrons. The van der Waals surface area contributed by atoms with Crippen LogP contribution < -0.4 is 0 Å². The van der Waals surface area contributed by atoms with Gasteiger partial charge in [-0.15, -0.1) is 0 Å². The number of carbonyl (C=O) groups excluding carboxylic acids is 1. The first-order chi connectivity index (χ1) is 12.0. The summed E-state index contributed by atoms with van der Waals surface area (Å²) in [7, 11) is 3.53. The van der Waals surface area contributed by atoms with Crippen molar-refractivity contribution in [1.29, 1.82) is 0 Å². The van der Waals surface area contributed by atoms with Gasteiger partial charge in [0.15, 0.2) is 0 Å². The number of carboxylic acids is 1. The molecule has 0 saturated carbocycles. The van der Waals surface area contributed by atoms with Crippen molar-refractivity contribution in [3.63, 3.8) is 0 Å². The summed E-state index contributed by atoms with van der Waals surface area (Å²) < 4.78 is 31.7. The number of likely N-dealkylation sites (tertiary alicyclic amines) is 1. The van der Waals surface area contributed by atoms with Crippen molar-refractivity contribution >= 4 is 11.9 Å². The van der Waals surface area contributed by atoms with E-state index >= 15 is 0 Å². The summed E-state index contributed by atoms with van der Waals surface area (Å²) in [6.45, 7) is 1.18. The summed E-state index contributed by atoms with van der Waals surface area (Å²) in [4.78, 5) is 24.4. The predicted octanol–water partition coefficient (Wildman–Crippen LogP) is 1.39. The largest absolute Gasteiger partial charge is 0.490 e. The molecule has 1 aliphatic rings. The second-order valence-corrected chi connectivity index (χ2v) is 6.17. The third kappa shape index (κ3) is 7.01. The lowest BCUT2D eigenvalue weighted by molar-refractivity contribution is -0.192. The molecule has 1 heterocycles. The average Bonchev–Trinajstić information content (AvgIpc) is 2.88. The van der Waals surface area contributed by atoms with Gasteiger partial charge in [-0.25, -0.2) is 4.79 Å². The lowest BCUT2D eigenvalue weighted by atomic mass is 10.0. The van der Waals surface area contributed by atoms with E-state index in [2.05, 4.69) is 17.0 Å². The minimum absolute atomic E-state index is 0.0475. The van der Waals surface area contributed by atoms with Gasteiger partial charge < -0.3 is 15.1 Å². The molecule has 0 aliphatic carbocycles. The Balaban J connectivity index is 0.000000412. The lowest BCUT2D eigenvalue weighted by Crippen LogP contribution is -2.43. The minimum Gasteiger partial charge on any atom is -0.475 e. The number of hydrogen-bond acceptors (Lipinski definition) is 4. The van der Waals surface area contributed by atoms with Gasteiger partial charge in [-0.3, -0.25) is 9.69 Å². The molecule has 1 aromatic carbocycles. The number of aliphatic hydroxyl groups excluding tert-OH is 1. The predicted molar refractivity (Wildman–Crippen MR) is 88.5 cm³/mol. The Morgan fingerprint density at radius 1 is 1.23 bits per heavy atom. The Kier molecular flexibility index (Phi) is 8.04. The Labute approximate surface area is 149 Å². The van der Waals surface area contributed by atoms with E-state index in [9.17, 15) is 23.1 Å². The van der Waals surface area contributed by atoms with Crippen LogP contribution in [-0.4, -0.2) is 77.4 Å². The van der Waals surface area contributed by atoms with Crippen molar-refractivity contribution in [2.45, 2.75) is 31.2 Å². The van der Waals surface area contributed by atoms with Crippen molar-refractivity contribution in [1.82, 2.24) is 9.80 Å². The number of amides is 1. The van der Waals surface area contributed by atoms with E-state index in [1.54, 1.807) is 19.0 Å². The standard InChI is InChI=1S/C15H22N2O2.C2HF3O2/c1-16(2)15(19)11-17-9-8-14(18)13(17)10-12-6-4-3-5-7-12;3-2(4,5)1(6)7/h3-7,13-14,18H,8-11H2,1-2H3;(H,6,7)/t13-,14-;/m0./s1. The third-order valence-electron chi connectivity index (χ3n) is 3.99. The van der Waals surface area contributed by atoms with Gasteiger partial charge in [0.25, 0.3) is 0 Å². The fourth-order valence-electron chi connectivity index (χ4n) is 2.53. The Morgan fingerprint density at radius 2 is 1.77 bits per heavy atom. The highest BCUT2D eigenvalue weighted by Gasteiger charge is 2.38. The number of carboxylic acid groups (broad SMARTS) is 1. The van der Waals surface area contributed by atoms with Crippen molar-refractivity contribution in [2.24, 2.45) is 0 Å². The van der Waals surface area contributed by atoms with E-state index in [0.29, 0.717) is 6.54 Å². The molecule has 1 fully saturated rings. The maximum absolute atomic E-state index is 11.8. The molecule has 26 heavy (non-hydrogen) atoms. The van der Waals surface area contributed by atoms with Crippen LogP contribution in [0.2, 0.25) is 0 Å². The molecule has 1 amide bonds. The maximum atomic E-state index is 11.8. The van der Waals surface area contributed by atoms with E-state index in [1.165, 1.54) is 5.56 Å². The van der Waals surface area contributed by atoms with Crippen LogP contribution in [0.25, 0.3) is 0 Å². The molecule has 0 spiro atoms. The van der Waals surface area contributed by atoms with Gasteiger partial charge in [0.2, 0.25) is 5.91 Å². The van der Waals surface area contributed by atoms with E-state index in [4.69, 9.17) is 9.90 Å². The molecule has 0 aromatic heterocycles. The topological polar surface area (TPSA) is 81.1 Å². The maximum Gasteiger partial charge on any atom is 0.490 e. The summed E-state index contributed by atoms with van der Waals surface area (Å²) in [6, 6.07) is 10.2. The molecule has 9 heteroatoms. The first-order valence-corrected chi connectivity index (χ1v) is 7.98. The molecule has 1 saturated heterocycles. The molecular formula is C17H23F3N2O4. The number of alkyl halides is 3. The Hall–Kier alpha value is -2.13. The fraction of sp³-hybridized carbons (Fsp3) is 0.529. The SMILES string of the molecule is CN(C)C(=O)CN1CC[C@H](O)[C@@H]1Cc1ccccc1.O=C(O)C(F)(F)F. The summed E-state index contributed by atoms with van der Waals surface area (Å²) in [5.74, 6) is -2.67. The number of likely N-dealkylation sites (N-methyl/N-ethyl adjacent to an activating group) is 1. The molecule has 0 bridgehead atoms. The van der Waals surface area contributed by atoms with Gasteiger partial charge in [0, 0.05) is 26.7 Å². The molecule has 1 aromatic rings. The second-order valence-electron chi connectivity index (χ2n) is 6.17. The zero-order valence-electron chi connectivity index (χ0n) is 14.6. The van der Waals surface area contributed by atoms with Crippen LogP contribution >= 0.6 is 0 Å².